The summed E-state index contributed by atoms with van der Waals surface area (Å²) >= 11 is 0. The lowest BCUT2D eigenvalue weighted by atomic mass is 10.1. The molecule has 0 spiro atoms. The zero-order chi connectivity index (χ0) is 33.3. The Morgan fingerprint density at radius 3 is 1.21 bits per heavy atom. The molecule has 0 aliphatic heterocycles. The minimum absolute atomic E-state index is 1.21. The van der Waals surface area contributed by atoms with Gasteiger partial charge in [-0.25, -0.2) is 0 Å². The van der Waals surface area contributed by atoms with Gasteiger partial charge >= 0.3 is 0 Å². The summed E-state index contributed by atoms with van der Waals surface area (Å²) < 4.78 is 4.59. The van der Waals surface area contributed by atoms with Crippen LogP contribution < -0.4 is 0 Å². The van der Waals surface area contributed by atoms with E-state index in [1.165, 1.54) is 66.0 Å². The second kappa shape index (κ2) is 15.2. The summed E-state index contributed by atoms with van der Waals surface area (Å²) in [5.41, 5.74) is 10.3. The van der Waals surface area contributed by atoms with E-state index in [1.807, 2.05) is 36.4 Å². The standard InChI is InChI=1S/C19H15N.C13H11N.2C7H8/c1-14-8-7-13-18-19(14)16-11-5-6-12-17(16)20(18)15-9-3-2-4-10-15;1-14-12-8-4-2-6-10(12)11-7-3-5-9-13(11)14;2*1-7-5-3-2-4-6-7/h2-13H,1H3;2-9H,1H3;2*2-6H,1H3. The van der Waals surface area contributed by atoms with E-state index < -0.39 is 0 Å². The first-order valence-electron chi connectivity index (χ1n) is 16.5. The van der Waals surface area contributed by atoms with Gasteiger partial charge in [-0.2, -0.15) is 0 Å². The monoisotopic (exact) mass is 622 g/mol. The Kier molecular flexibility index (Phi) is 10.1. The molecular formula is C46H42N2. The van der Waals surface area contributed by atoms with Crippen LogP contribution in [0.1, 0.15) is 16.7 Å². The maximum absolute atomic E-state index is 2.34. The number of rotatable bonds is 1. The van der Waals surface area contributed by atoms with Crippen molar-refractivity contribution in [1.82, 2.24) is 9.13 Å². The number of para-hydroxylation sites is 4. The molecule has 2 nitrogen and oxygen atoms in total. The van der Waals surface area contributed by atoms with Gasteiger partial charge < -0.3 is 9.13 Å². The Labute approximate surface area is 284 Å². The van der Waals surface area contributed by atoms with Crippen molar-refractivity contribution in [3.05, 3.63) is 199 Å². The van der Waals surface area contributed by atoms with Crippen LogP contribution in [-0.2, 0) is 7.05 Å². The number of aryl methyl sites for hydroxylation is 4. The van der Waals surface area contributed by atoms with Crippen molar-refractivity contribution in [3.63, 3.8) is 0 Å². The first kappa shape index (κ1) is 32.1. The van der Waals surface area contributed by atoms with Gasteiger partial charge in [-0.1, -0.05) is 157 Å². The Morgan fingerprint density at radius 1 is 0.333 bits per heavy atom. The maximum Gasteiger partial charge on any atom is 0.0543 e. The van der Waals surface area contributed by atoms with Crippen LogP contribution >= 0.6 is 0 Å². The molecule has 0 bridgehead atoms. The molecule has 7 aromatic carbocycles. The molecular weight excluding hydrogens is 581 g/mol. The zero-order valence-corrected chi connectivity index (χ0v) is 28.2. The van der Waals surface area contributed by atoms with Crippen LogP contribution in [0.25, 0.3) is 49.3 Å². The SMILES string of the molecule is Cc1cccc2c1c1ccccc1n2-c1ccccc1.Cc1ccccc1.Cc1ccccc1.Cn1c2ccccc2c2ccccc21. The quantitative estimate of drug-likeness (QED) is 0.172. The molecule has 0 saturated carbocycles. The molecule has 2 heteroatoms. The van der Waals surface area contributed by atoms with Gasteiger partial charge in [-0.05, 0) is 62.7 Å². The molecule has 9 aromatic rings. The van der Waals surface area contributed by atoms with Gasteiger partial charge in [0.25, 0.3) is 0 Å². The first-order chi connectivity index (χ1) is 23.5. The van der Waals surface area contributed by atoms with Crippen molar-refractivity contribution in [2.45, 2.75) is 20.8 Å². The van der Waals surface area contributed by atoms with E-state index in [2.05, 4.69) is 183 Å². The Morgan fingerprint density at radius 2 is 0.729 bits per heavy atom. The van der Waals surface area contributed by atoms with E-state index in [0.717, 1.165) is 0 Å². The van der Waals surface area contributed by atoms with Crippen molar-refractivity contribution >= 4 is 43.6 Å². The summed E-state index contributed by atoms with van der Waals surface area (Å²) in [6.45, 7) is 6.35. The topological polar surface area (TPSA) is 9.86 Å². The molecule has 0 atom stereocenters. The average Bonchev–Trinajstić information content (AvgIpc) is 3.63. The van der Waals surface area contributed by atoms with Gasteiger partial charge in [0.2, 0.25) is 0 Å². The highest BCUT2D eigenvalue weighted by atomic mass is 15.0. The van der Waals surface area contributed by atoms with Gasteiger partial charge in [0.1, 0.15) is 0 Å². The zero-order valence-electron chi connectivity index (χ0n) is 28.2. The number of aromatic nitrogens is 2. The summed E-state index contributed by atoms with van der Waals surface area (Å²) in [5, 5.41) is 5.35. The lowest BCUT2D eigenvalue weighted by Crippen LogP contribution is -1.92. The van der Waals surface area contributed by atoms with E-state index >= 15 is 0 Å². The molecule has 0 amide bonds. The van der Waals surface area contributed by atoms with E-state index in [-0.39, 0.29) is 0 Å². The predicted octanol–water partition coefficient (Wildman–Crippen LogP) is 12.4. The molecule has 0 fully saturated rings. The highest BCUT2D eigenvalue weighted by Crippen LogP contribution is 2.33. The number of nitrogens with zero attached hydrogens (tertiary/aromatic N) is 2. The normalized spacial score (nSPS) is 10.5. The smallest absolute Gasteiger partial charge is 0.0543 e. The van der Waals surface area contributed by atoms with Gasteiger partial charge in [0.15, 0.2) is 0 Å². The van der Waals surface area contributed by atoms with Crippen molar-refractivity contribution in [3.8, 4) is 5.69 Å². The second-order valence-corrected chi connectivity index (χ2v) is 12.1. The average molecular weight is 623 g/mol. The highest BCUT2D eigenvalue weighted by molar-refractivity contribution is 6.11. The van der Waals surface area contributed by atoms with Crippen LogP contribution in [0.2, 0.25) is 0 Å². The molecule has 0 aliphatic rings. The molecule has 48 heavy (non-hydrogen) atoms. The summed E-state index contributed by atoms with van der Waals surface area (Å²) in [6, 6.07) is 63.3. The third kappa shape index (κ3) is 7.09. The van der Waals surface area contributed by atoms with Crippen LogP contribution in [0.15, 0.2) is 182 Å². The number of benzene rings is 7. The Hall–Kier alpha value is -5.86. The number of fused-ring (bicyclic) bond motifs is 6. The maximum atomic E-state index is 2.34. The Balaban J connectivity index is 0.000000124. The fourth-order valence-corrected chi connectivity index (χ4v) is 6.24. The van der Waals surface area contributed by atoms with Crippen LogP contribution in [0, 0.1) is 20.8 Å². The molecule has 2 heterocycles. The fraction of sp³-hybridized carbons (Fsp3) is 0.0870. The number of hydrogen-bond donors (Lipinski definition) is 0. The summed E-state index contributed by atoms with van der Waals surface area (Å²) in [5.74, 6) is 0. The molecule has 2 aromatic heterocycles. The Bertz CT molecular complexity index is 2270. The van der Waals surface area contributed by atoms with E-state index in [4.69, 9.17) is 0 Å². The first-order valence-corrected chi connectivity index (χ1v) is 16.5. The largest absolute Gasteiger partial charge is 0.344 e. The summed E-state index contributed by atoms with van der Waals surface area (Å²) in [6.07, 6.45) is 0. The van der Waals surface area contributed by atoms with Gasteiger partial charge in [0.05, 0.1) is 11.0 Å². The van der Waals surface area contributed by atoms with E-state index in [0.29, 0.717) is 0 Å². The molecule has 0 radical (unpaired) electrons. The van der Waals surface area contributed by atoms with Crippen LogP contribution in [-0.4, -0.2) is 9.13 Å². The second-order valence-electron chi connectivity index (χ2n) is 12.1. The highest BCUT2D eigenvalue weighted by Gasteiger charge is 2.12. The molecule has 0 aliphatic carbocycles. The van der Waals surface area contributed by atoms with Crippen molar-refractivity contribution < 1.29 is 0 Å². The molecule has 9 rings (SSSR count). The van der Waals surface area contributed by atoms with E-state index in [9.17, 15) is 0 Å². The minimum atomic E-state index is 1.21. The van der Waals surface area contributed by atoms with E-state index in [1.54, 1.807) is 0 Å². The predicted molar refractivity (Wildman–Crippen MR) is 208 cm³/mol. The molecule has 0 saturated heterocycles. The molecule has 0 unspecified atom stereocenters. The number of hydrogen-bond acceptors (Lipinski definition) is 0. The lowest BCUT2D eigenvalue weighted by molar-refractivity contribution is 1.01. The van der Waals surface area contributed by atoms with Crippen LogP contribution in [0.3, 0.4) is 0 Å². The minimum Gasteiger partial charge on any atom is -0.344 e. The summed E-state index contributed by atoms with van der Waals surface area (Å²) in [4.78, 5) is 0. The third-order valence-electron chi connectivity index (χ3n) is 8.62. The van der Waals surface area contributed by atoms with Crippen LogP contribution in [0.5, 0.6) is 0 Å². The summed E-state index contributed by atoms with van der Waals surface area (Å²) in [7, 11) is 2.12. The third-order valence-corrected chi connectivity index (χ3v) is 8.62. The van der Waals surface area contributed by atoms with Gasteiger partial charge in [-0.15, -0.1) is 0 Å². The van der Waals surface area contributed by atoms with Crippen LogP contribution in [0.4, 0.5) is 0 Å². The van der Waals surface area contributed by atoms with Crippen molar-refractivity contribution in [2.75, 3.05) is 0 Å². The fourth-order valence-electron chi connectivity index (χ4n) is 6.24. The molecule has 0 N–H and O–H groups in total. The molecule has 236 valence electrons. The lowest BCUT2D eigenvalue weighted by Gasteiger charge is -2.07. The van der Waals surface area contributed by atoms with Crippen molar-refractivity contribution in [2.24, 2.45) is 7.05 Å². The van der Waals surface area contributed by atoms with Crippen molar-refractivity contribution in [1.29, 1.82) is 0 Å². The van der Waals surface area contributed by atoms with Gasteiger partial charge in [-0.3, -0.25) is 0 Å². The van der Waals surface area contributed by atoms with Gasteiger partial charge in [0, 0.05) is 45.3 Å².